The molecule has 1 unspecified atom stereocenters. The quantitative estimate of drug-likeness (QED) is 0.234. The van der Waals surface area contributed by atoms with Crippen molar-refractivity contribution >= 4 is 17.7 Å². The predicted molar refractivity (Wildman–Crippen MR) is 132 cm³/mol. The first-order valence-corrected chi connectivity index (χ1v) is 11.3. The standard InChI is InChI=1S/C27H27N3O3/c1-4-30(5-2)26-14-20-11-19-13-25(29-33)21(16-31)12-24(19)27(23(20)10-17(26)3)22-9-7-6-8-18(22)15-28-32/h6-10,12-14,16,27H,4-5,11,15H2,1-3H3. The van der Waals surface area contributed by atoms with E-state index in [1.165, 1.54) is 16.8 Å². The number of aldehydes is 1. The molecule has 0 saturated carbocycles. The van der Waals surface area contributed by atoms with E-state index < -0.39 is 0 Å². The highest BCUT2D eigenvalue weighted by Crippen LogP contribution is 2.45. The van der Waals surface area contributed by atoms with Gasteiger partial charge in [0.1, 0.15) is 12.2 Å². The molecule has 168 valence electrons. The summed E-state index contributed by atoms with van der Waals surface area (Å²) in [6.07, 6.45) is 1.32. The minimum absolute atomic E-state index is 0.0718. The van der Waals surface area contributed by atoms with Crippen molar-refractivity contribution in [3.8, 4) is 0 Å². The van der Waals surface area contributed by atoms with Crippen molar-refractivity contribution in [2.24, 2.45) is 10.4 Å². The van der Waals surface area contributed by atoms with Gasteiger partial charge in [0.05, 0.1) is 0 Å². The fourth-order valence-electron chi connectivity index (χ4n) is 5.09. The molecule has 6 nitrogen and oxygen atoms in total. The van der Waals surface area contributed by atoms with Crippen LogP contribution in [-0.4, -0.2) is 19.4 Å². The van der Waals surface area contributed by atoms with Gasteiger partial charge in [-0.15, -0.1) is 4.91 Å². The monoisotopic (exact) mass is 441 g/mol. The maximum atomic E-state index is 11.7. The Bertz CT molecular complexity index is 1230. The normalized spacial score (nSPS) is 14.2. The van der Waals surface area contributed by atoms with Crippen LogP contribution >= 0.6 is 0 Å². The third-order valence-electron chi connectivity index (χ3n) is 6.68. The summed E-state index contributed by atoms with van der Waals surface area (Å²) in [5.74, 6) is -0.175. The zero-order chi connectivity index (χ0) is 23.5. The van der Waals surface area contributed by atoms with Crippen LogP contribution < -0.4 is 4.90 Å². The maximum Gasteiger partial charge on any atom is 0.152 e. The van der Waals surface area contributed by atoms with Crippen LogP contribution in [0.25, 0.3) is 0 Å². The predicted octanol–water partition coefficient (Wildman–Crippen LogP) is 6.40. The first-order chi connectivity index (χ1) is 16.1. The minimum atomic E-state index is -0.175. The highest BCUT2D eigenvalue weighted by molar-refractivity contribution is 5.84. The van der Waals surface area contributed by atoms with Crippen LogP contribution in [-0.2, 0) is 13.0 Å². The maximum absolute atomic E-state index is 11.7. The lowest BCUT2D eigenvalue weighted by molar-refractivity contribution is 0.112. The van der Waals surface area contributed by atoms with Crippen LogP contribution in [0.3, 0.4) is 0 Å². The molecular weight excluding hydrogens is 414 g/mol. The molecule has 0 spiro atoms. The number of hydrogen-bond donors (Lipinski definition) is 0. The van der Waals surface area contributed by atoms with Crippen LogP contribution in [0.2, 0.25) is 0 Å². The van der Waals surface area contributed by atoms with E-state index in [0.717, 1.165) is 40.9 Å². The van der Waals surface area contributed by atoms with Crippen molar-refractivity contribution in [3.05, 3.63) is 103 Å². The molecule has 0 aliphatic heterocycles. The Kier molecular flexibility index (Phi) is 6.45. The van der Waals surface area contributed by atoms with Gasteiger partial charge < -0.3 is 4.90 Å². The van der Waals surface area contributed by atoms with Gasteiger partial charge in [-0.2, -0.15) is 4.91 Å². The minimum Gasteiger partial charge on any atom is -0.372 e. The summed E-state index contributed by atoms with van der Waals surface area (Å²) in [6, 6.07) is 15.8. The Morgan fingerprint density at radius 2 is 1.67 bits per heavy atom. The van der Waals surface area contributed by atoms with Gasteiger partial charge in [-0.1, -0.05) is 35.5 Å². The SMILES string of the molecule is CCN(CC)c1cc2c(cc1C)C(c1ccccc1CN=O)c1cc(C=O)c(N=O)cc1C2. The number of carbonyl (C=O) groups is 1. The lowest BCUT2D eigenvalue weighted by Gasteiger charge is -2.33. The van der Waals surface area contributed by atoms with E-state index in [1.807, 2.05) is 24.3 Å². The number of carbonyl (C=O) groups excluding carboxylic acids is 1. The molecule has 3 aromatic rings. The lowest BCUT2D eigenvalue weighted by atomic mass is 9.72. The Balaban J connectivity index is 2.01. The summed E-state index contributed by atoms with van der Waals surface area (Å²) in [5, 5.41) is 6.23. The van der Waals surface area contributed by atoms with Gasteiger partial charge >= 0.3 is 0 Å². The van der Waals surface area contributed by atoms with E-state index in [1.54, 1.807) is 12.1 Å². The Hall–Kier alpha value is -3.67. The molecule has 1 aliphatic rings. The number of nitroso groups, excluding NO2 is 2. The fourth-order valence-corrected chi connectivity index (χ4v) is 5.09. The third-order valence-corrected chi connectivity index (χ3v) is 6.68. The molecule has 0 heterocycles. The largest absolute Gasteiger partial charge is 0.372 e. The molecule has 3 aromatic carbocycles. The van der Waals surface area contributed by atoms with Crippen LogP contribution in [0.1, 0.15) is 69.1 Å². The fraction of sp³-hybridized carbons (Fsp3) is 0.296. The summed E-state index contributed by atoms with van der Waals surface area (Å²) < 4.78 is 0. The number of benzene rings is 3. The zero-order valence-corrected chi connectivity index (χ0v) is 19.2. The lowest BCUT2D eigenvalue weighted by Crippen LogP contribution is -2.24. The first kappa shape index (κ1) is 22.5. The highest BCUT2D eigenvalue weighted by atomic mass is 16.3. The Morgan fingerprint density at radius 3 is 2.33 bits per heavy atom. The van der Waals surface area contributed by atoms with E-state index in [9.17, 15) is 14.6 Å². The van der Waals surface area contributed by atoms with Gasteiger partial charge in [0.25, 0.3) is 0 Å². The zero-order valence-electron chi connectivity index (χ0n) is 19.2. The van der Waals surface area contributed by atoms with Gasteiger partial charge in [0.15, 0.2) is 6.29 Å². The molecule has 1 atom stereocenters. The molecule has 1 aliphatic carbocycles. The van der Waals surface area contributed by atoms with Gasteiger partial charge in [0.2, 0.25) is 0 Å². The van der Waals surface area contributed by atoms with E-state index in [-0.39, 0.29) is 23.7 Å². The molecule has 0 bridgehead atoms. The van der Waals surface area contributed by atoms with Crippen LogP contribution in [0, 0.1) is 16.7 Å². The second-order valence-electron chi connectivity index (χ2n) is 8.42. The van der Waals surface area contributed by atoms with E-state index in [0.29, 0.717) is 12.7 Å². The van der Waals surface area contributed by atoms with Crippen molar-refractivity contribution in [1.82, 2.24) is 0 Å². The number of rotatable bonds is 8. The van der Waals surface area contributed by atoms with Crippen molar-refractivity contribution < 1.29 is 4.79 Å². The molecule has 0 saturated heterocycles. The van der Waals surface area contributed by atoms with Crippen LogP contribution in [0.5, 0.6) is 0 Å². The molecule has 33 heavy (non-hydrogen) atoms. The van der Waals surface area contributed by atoms with Gasteiger partial charge in [0, 0.05) is 30.3 Å². The van der Waals surface area contributed by atoms with Crippen LogP contribution in [0.4, 0.5) is 11.4 Å². The second-order valence-corrected chi connectivity index (χ2v) is 8.42. The summed E-state index contributed by atoms with van der Waals surface area (Å²) in [7, 11) is 0. The molecule has 0 N–H and O–H groups in total. The Morgan fingerprint density at radius 1 is 0.970 bits per heavy atom. The van der Waals surface area contributed by atoms with Crippen LogP contribution in [0.15, 0.2) is 58.9 Å². The number of fused-ring (bicyclic) bond motifs is 2. The molecule has 6 heteroatoms. The summed E-state index contributed by atoms with van der Waals surface area (Å²) in [6.45, 7) is 8.30. The van der Waals surface area contributed by atoms with Gasteiger partial charge in [-0.25, -0.2) is 0 Å². The van der Waals surface area contributed by atoms with Crippen molar-refractivity contribution in [2.75, 3.05) is 18.0 Å². The molecule has 0 amide bonds. The molecular formula is C27H27N3O3. The highest BCUT2D eigenvalue weighted by Gasteiger charge is 2.31. The van der Waals surface area contributed by atoms with E-state index in [4.69, 9.17) is 0 Å². The molecule has 0 radical (unpaired) electrons. The number of anilines is 1. The molecule has 0 fully saturated rings. The molecule has 0 aromatic heterocycles. The average molecular weight is 442 g/mol. The summed E-state index contributed by atoms with van der Waals surface area (Å²) in [4.78, 5) is 36.6. The molecule has 4 rings (SSSR count). The summed E-state index contributed by atoms with van der Waals surface area (Å²) >= 11 is 0. The number of nitrogens with zero attached hydrogens (tertiary/aromatic N) is 3. The first-order valence-electron chi connectivity index (χ1n) is 11.3. The van der Waals surface area contributed by atoms with Crippen molar-refractivity contribution in [2.45, 2.75) is 39.7 Å². The number of aryl methyl sites for hydroxylation is 1. The van der Waals surface area contributed by atoms with E-state index in [2.05, 4.69) is 48.2 Å². The van der Waals surface area contributed by atoms with Gasteiger partial charge in [-0.05, 0) is 89.5 Å². The average Bonchev–Trinajstić information content (AvgIpc) is 2.83. The van der Waals surface area contributed by atoms with Crippen molar-refractivity contribution in [3.63, 3.8) is 0 Å². The second kappa shape index (κ2) is 9.45. The van der Waals surface area contributed by atoms with Crippen molar-refractivity contribution in [1.29, 1.82) is 0 Å². The summed E-state index contributed by atoms with van der Waals surface area (Å²) in [5.41, 5.74) is 8.90. The van der Waals surface area contributed by atoms with E-state index >= 15 is 0 Å². The Labute approximate surface area is 193 Å². The van der Waals surface area contributed by atoms with Gasteiger partial charge in [-0.3, -0.25) is 4.79 Å². The smallest absolute Gasteiger partial charge is 0.152 e. The third kappa shape index (κ3) is 3.97. The number of hydrogen-bond acceptors (Lipinski definition) is 6. The topological polar surface area (TPSA) is 79.2 Å².